The lowest BCUT2D eigenvalue weighted by molar-refractivity contribution is -0.127. The molecule has 2 heteroatoms. The summed E-state index contributed by atoms with van der Waals surface area (Å²) in [7, 11) is 0. The van der Waals surface area contributed by atoms with Crippen LogP contribution in [0.5, 0.6) is 0 Å². The van der Waals surface area contributed by atoms with E-state index < -0.39 is 5.67 Å². The number of hydrogen-bond donors (Lipinski definition) is 0. The standard InChI is InChI=1S/C6H11FO/c1-4-6(3,7)5(2)8/h4H2,1-3H3. The second-order valence-electron chi connectivity index (χ2n) is 2.11. The number of hydrogen-bond acceptors (Lipinski definition) is 1. The summed E-state index contributed by atoms with van der Waals surface area (Å²) in [5.41, 5.74) is -1.60. The van der Waals surface area contributed by atoms with Gasteiger partial charge in [-0.15, -0.1) is 0 Å². The van der Waals surface area contributed by atoms with Gasteiger partial charge in [0.05, 0.1) is 0 Å². The molecule has 0 aromatic rings. The molecule has 0 fully saturated rings. The number of carbonyl (C=O) groups is 1. The Bertz CT molecular complexity index is 96.7. The van der Waals surface area contributed by atoms with E-state index in [1.165, 1.54) is 13.8 Å². The number of carbonyl (C=O) groups excluding carboxylic acids is 1. The topological polar surface area (TPSA) is 17.1 Å². The molecule has 0 bridgehead atoms. The summed E-state index contributed by atoms with van der Waals surface area (Å²) < 4.78 is 12.6. The lowest BCUT2D eigenvalue weighted by Crippen LogP contribution is -2.25. The van der Waals surface area contributed by atoms with E-state index in [1.807, 2.05) is 0 Å². The van der Waals surface area contributed by atoms with Crippen LogP contribution in [0.15, 0.2) is 0 Å². The van der Waals surface area contributed by atoms with Crippen LogP contribution in [0, 0.1) is 0 Å². The molecular formula is C6H11FO. The summed E-state index contributed by atoms with van der Waals surface area (Å²) in [6, 6.07) is 0. The van der Waals surface area contributed by atoms with Crippen molar-refractivity contribution in [3.05, 3.63) is 0 Å². The first-order valence-electron chi connectivity index (χ1n) is 2.70. The Kier molecular flexibility index (Phi) is 2.13. The van der Waals surface area contributed by atoms with Crippen LogP contribution in [0.1, 0.15) is 27.2 Å². The minimum absolute atomic E-state index is 0.266. The fourth-order valence-electron chi connectivity index (χ4n) is 0.249. The van der Waals surface area contributed by atoms with Crippen molar-refractivity contribution < 1.29 is 9.18 Å². The van der Waals surface area contributed by atoms with Crippen molar-refractivity contribution in [2.75, 3.05) is 0 Å². The lowest BCUT2D eigenvalue weighted by atomic mass is 10.0. The highest BCUT2D eigenvalue weighted by Crippen LogP contribution is 2.14. The third kappa shape index (κ3) is 1.60. The molecule has 1 nitrogen and oxygen atoms in total. The summed E-state index contributed by atoms with van der Waals surface area (Å²) in [5.74, 6) is -0.389. The SMILES string of the molecule is CCC(C)(F)C(C)=O. The van der Waals surface area contributed by atoms with Crippen molar-refractivity contribution in [2.45, 2.75) is 32.9 Å². The Morgan fingerprint density at radius 1 is 1.75 bits per heavy atom. The molecular weight excluding hydrogens is 107 g/mol. The van der Waals surface area contributed by atoms with E-state index in [1.54, 1.807) is 6.92 Å². The maximum absolute atomic E-state index is 12.6. The van der Waals surface area contributed by atoms with E-state index in [4.69, 9.17) is 0 Å². The van der Waals surface area contributed by atoms with Crippen molar-refractivity contribution in [3.8, 4) is 0 Å². The summed E-state index contributed by atoms with van der Waals surface area (Å²) in [6.45, 7) is 4.22. The zero-order valence-corrected chi connectivity index (χ0v) is 5.49. The average molecular weight is 118 g/mol. The van der Waals surface area contributed by atoms with Crippen LogP contribution in [0.2, 0.25) is 0 Å². The molecule has 0 amide bonds. The Balaban J connectivity index is 3.91. The highest BCUT2D eigenvalue weighted by molar-refractivity contribution is 5.84. The lowest BCUT2D eigenvalue weighted by Gasteiger charge is -2.11. The fourth-order valence-corrected chi connectivity index (χ4v) is 0.249. The number of Topliss-reactive ketones (excluding diaryl/α,β-unsaturated/α-hetero) is 1. The molecule has 0 saturated heterocycles. The van der Waals surface area contributed by atoms with Gasteiger partial charge < -0.3 is 0 Å². The minimum atomic E-state index is -1.60. The van der Waals surface area contributed by atoms with Gasteiger partial charge in [0.1, 0.15) is 0 Å². The normalized spacial score (nSPS) is 17.5. The largest absolute Gasteiger partial charge is 0.296 e. The van der Waals surface area contributed by atoms with Gasteiger partial charge in [-0.2, -0.15) is 0 Å². The maximum Gasteiger partial charge on any atom is 0.166 e. The van der Waals surface area contributed by atoms with E-state index in [-0.39, 0.29) is 12.2 Å². The third-order valence-corrected chi connectivity index (χ3v) is 1.40. The zero-order chi connectivity index (χ0) is 6.78. The molecule has 1 atom stereocenters. The predicted molar refractivity (Wildman–Crippen MR) is 30.5 cm³/mol. The van der Waals surface area contributed by atoms with Gasteiger partial charge in [-0.1, -0.05) is 6.92 Å². The van der Waals surface area contributed by atoms with E-state index in [0.717, 1.165) is 0 Å². The van der Waals surface area contributed by atoms with E-state index in [0.29, 0.717) is 0 Å². The van der Waals surface area contributed by atoms with Crippen molar-refractivity contribution in [1.29, 1.82) is 0 Å². The Labute approximate surface area is 48.9 Å². The number of halogens is 1. The molecule has 0 aliphatic heterocycles. The first-order valence-corrected chi connectivity index (χ1v) is 2.70. The molecule has 0 aromatic heterocycles. The number of rotatable bonds is 2. The summed E-state index contributed by atoms with van der Waals surface area (Å²) >= 11 is 0. The second kappa shape index (κ2) is 2.25. The molecule has 1 unspecified atom stereocenters. The molecule has 0 rings (SSSR count). The van der Waals surface area contributed by atoms with E-state index in [9.17, 15) is 9.18 Å². The van der Waals surface area contributed by atoms with Crippen LogP contribution in [0.25, 0.3) is 0 Å². The summed E-state index contributed by atoms with van der Waals surface area (Å²) in [6.07, 6.45) is 0.266. The maximum atomic E-state index is 12.6. The highest BCUT2D eigenvalue weighted by atomic mass is 19.1. The summed E-state index contributed by atoms with van der Waals surface area (Å²) in [4.78, 5) is 10.3. The van der Waals surface area contributed by atoms with Gasteiger partial charge in [-0.25, -0.2) is 4.39 Å². The number of alkyl halides is 1. The van der Waals surface area contributed by atoms with Crippen LogP contribution in [-0.4, -0.2) is 11.5 Å². The Hall–Kier alpha value is -0.400. The molecule has 0 aliphatic carbocycles. The van der Waals surface area contributed by atoms with Crippen LogP contribution in [0.3, 0.4) is 0 Å². The molecule has 8 heavy (non-hydrogen) atoms. The molecule has 0 heterocycles. The van der Waals surface area contributed by atoms with E-state index in [2.05, 4.69) is 0 Å². The zero-order valence-electron chi connectivity index (χ0n) is 5.49. The number of ketones is 1. The fraction of sp³-hybridized carbons (Fsp3) is 0.833. The molecule has 0 N–H and O–H groups in total. The monoisotopic (exact) mass is 118 g/mol. The smallest absolute Gasteiger partial charge is 0.166 e. The molecule has 0 spiro atoms. The van der Waals surface area contributed by atoms with Crippen molar-refractivity contribution >= 4 is 5.78 Å². The van der Waals surface area contributed by atoms with Crippen molar-refractivity contribution in [3.63, 3.8) is 0 Å². The van der Waals surface area contributed by atoms with Crippen LogP contribution < -0.4 is 0 Å². The van der Waals surface area contributed by atoms with Gasteiger partial charge in [-0.3, -0.25) is 4.79 Å². The minimum Gasteiger partial charge on any atom is -0.296 e. The van der Waals surface area contributed by atoms with Crippen LogP contribution in [-0.2, 0) is 4.79 Å². The third-order valence-electron chi connectivity index (χ3n) is 1.40. The van der Waals surface area contributed by atoms with Gasteiger partial charge in [-0.05, 0) is 20.3 Å². The van der Waals surface area contributed by atoms with Crippen molar-refractivity contribution in [2.24, 2.45) is 0 Å². The van der Waals surface area contributed by atoms with Gasteiger partial charge >= 0.3 is 0 Å². The van der Waals surface area contributed by atoms with Crippen LogP contribution in [0.4, 0.5) is 4.39 Å². The van der Waals surface area contributed by atoms with Gasteiger partial charge in [0.25, 0.3) is 0 Å². The van der Waals surface area contributed by atoms with Gasteiger partial charge in [0.2, 0.25) is 0 Å². The van der Waals surface area contributed by atoms with Gasteiger partial charge in [0, 0.05) is 0 Å². The summed E-state index contributed by atoms with van der Waals surface area (Å²) in [5, 5.41) is 0. The molecule has 0 aromatic carbocycles. The quantitative estimate of drug-likeness (QED) is 0.539. The first kappa shape index (κ1) is 7.60. The van der Waals surface area contributed by atoms with Crippen LogP contribution >= 0.6 is 0 Å². The first-order chi connectivity index (χ1) is 3.50. The van der Waals surface area contributed by atoms with Gasteiger partial charge in [0.15, 0.2) is 11.5 Å². The van der Waals surface area contributed by atoms with E-state index >= 15 is 0 Å². The Morgan fingerprint density at radius 3 is 2.12 bits per heavy atom. The molecule has 0 radical (unpaired) electrons. The molecule has 48 valence electrons. The molecule has 0 saturated carbocycles. The molecule has 0 aliphatic rings. The van der Waals surface area contributed by atoms with Crippen molar-refractivity contribution in [1.82, 2.24) is 0 Å². The Morgan fingerprint density at radius 2 is 2.12 bits per heavy atom. The highest BCUT2D eigenvalue weighted by Gasteiger charge is 2.25. The second-order valence-corrected chi connectivity index (χ2v) is 2.11. The average Bonchev–Trinajstić information content (AvgIpc) is 1.67. The predicted octanol–water partition coefficient (Wildman–Crippen LogP) is 1.71.